The lowest BCUT2D eigenvalue weighted by Crippen LogP contribution is -2.18. The normalized spacial score (nSPS) is 12.7. The summed E-state index contributed by atoms with van der Waals surface area (Å²) >= 11 is 0. The van der Waals surface area contributed by atoms with Crippen LogP contribution in [0.4, 0.5) is 0 Å². The number of rotatable bonds is 3. The van der Waals surface area contributed by atoms with Crippen LogP contribution in [0.1, 0.15) is 24.5 Å². The van der Waals surface area contributed by atoms with Crippen LogP contribution in [0.5, 0.6) is 0 Å². The van der Waals surface area contributed by atoms with Crippen LogP contribution >= 0.6 is 0 Å². The molecule has 0 radical (unpaired) electrons. The van der Waals surface area contributed by atoms with Crippen molar-refractivity contribution in [3.8, 4) is 0 Å². The molecule has 0 aliphatic heterocycles. The molecule has 0 bridgehead atoms. The molecule has 1 aromatic carbocycles. The Hall–Kier alpha value is -2.20. The standard InChI is InChI=1S/C15H16N4/c1-2-19-13-9-4-3-7-11(13)18-15(19)14(16)12-8-5-6-10-17-12/h3-10,14H,2,16H2,1H3. The minimum atomic E-state index is -0.298. The molecule has 19 heavy (non-hydrogen) atoms. The van der Waals surface area contributed by atoms with E-state index in [1.54, 1.807) is 6.20 Å². The van der Waals surface area contributed by atoms with Crippen molar-refractivity contribution in [3.05, 3.63) is 60.2 Å². The Kier molecular flexibility index (Phi) is 3.01. The monoisotopic (exact) mass is 252 g/mol. The predicted octanol–water partition coefficient (Wildman–Crippen LogP) is 2.50. The number of pyridine rings is 1. The highest BCUT2D eigenvalue weighted by molar-refractivity contribution is 5.76. The maximum atomic E-state index is 6.31. The highest BCUT2D eigenvalue weighted by atomic mass is 15.1. The SMILES string of the molecule is CCn1c(C(N)c2ccccn2)nc2ccccc21. The molecule has 0 saturated heterocycles. The van der Waals surface area contributed by atoms with E-state index in [0.717, 1.165) is 29.1 Å². The Bertz CT molecular complexity index is 688. The van der Waals surface area contributed by atoms with Gasteiger partial charge in [-0.2, -0.15) is 0 Å². The van der Waals surface area contributed by atoms with Gasteiger partial charge in [-0.05, 0) is 31.2 Å². The maximum Gasteiger partial charge on any atom is 0.133 e. The van der Waals surface area contributed by atoms with Gasteiger partial charge in [0.15, 0.2) is 0 Å². The number of imidazole rings is 1. The first-order chi connectivity index (χ1) is 9.31. The topological polar surface area (TPSA) is 56.7 Å². The zero-order valence-electron chi connectivity index (χ0n) is 10.8. The minimum Gasteiger partial charge on any atom is -0.327 e. The van der Waals surface area contributed by atoms with E-state index in [9.17, 15) is 0 Å². The van der Waals surface area contributed by atoms with Gasteiger partial charge in [0.1, 0.15) is 11.9 Å². The molecule has 0 aliphatic carbocycles. The zero-order valence-corrected chi connectivity index (χ0v) is 10.8. The third kappa shape index (κ3) is 2.00. The van der Waals surface area contributed by atoms with Crippen LogP contribution < -0.4 is 5.73 Å². The molecule has 0 amide bonds. The molecule has 2 N–H and O–H groups in total. The van der Waals surface area contributed by atoms with Crippen LogP contribution in [0, 0.1) is 0 Å². The highest BCUT2D eigenvalue weighted by Crippen LogP contribution is 2.22. The first kappa shape index (κ1) is 11.9. The van der Waals surface area contributed by atoms with Crippen molar-refractivity contribution in [2.45, 2.75) is 19.5 Å². The lowest BCUT2D eigenvalue weighted by atomic mass is 10.2. The van der Waals surface area contributed by atoms with Crippen molar-refractivity contribution in [2.24, 2.45) is 5.73 Å². The van der Waals surface area contributed by atoms with Crippen LogP contribution in [0.2, 0.25) is 0 Å². The average Bonchev–Trinajstić information content (AvgIpc) is 2.85. The molecule has 0 fully saturated rings. The Morgan fingerprint density at radius 3 is 2.68 bits per heavy atom. The van der Waals surface area contributed by atoms with E-state index in [1.165, 1.54) is 0 Å². The van der Waals surface area contributed by atoms with Gasteiger partial charge in [0, 0.05) is 12.7 Å². The molecule has 4 heteroatoms. The van der Waals surface area contributed by atoms with Gasteiger partial charge in [0.05, 0.1) is 16.7 Å². The van der Waals surface area contributed by atoms with Gasteiger partial charge in [0.25, 0.3) is 0 Å². The van der Waals surface area contributed by atoms with Crippen LogP contribution in [0.15, 0.2) is 48.7 Å². The largest absolute Gasteiger partial charge is 0.327 e. The summed E-state index contributed by atoms with van der Waals surface area (Å²) in [7, 11) is 0. The third-order valence-corrected chi connectivity index (χ3v) is 3.28. The van der Waals surface area contributed by atoms with Crippen molar-refractivity contribution in [3.63, 3.8) is 0 Å². The zero-order chi connectivity index (χ0) is 13.2. The van der Waals surface area contributed by atoms with Crippen LogP contribution in [-0.2, 0) is 6.54 Å². The van der Waals surface area contributed by atoms with E-state index in [0.29, 0.717) is 0 Å². The number of nitrogens with two attached hydrogens (primary N) is 1. The number of nitrogens with zero attached hydrogens (tertiary/aromatic N) is 3. The van der Waals surface area contributed by atoms with Crippen LogP contribution in [0.3, 0.4) is 0 Å². The summed E-state index contributed by atoms with van der Waals surface area (Å²) in [6.45, 7) is 2.94. The van der Waals surface area contributed by atoms with Gasteiger partial charge in [-0.1, -0.05) is 18.2 Å². The summed E-state index contributed by atoms with van der Waals surface area (Å²) in [5.74, 6) is 0.863. The molecule has 3 rings (SSSR count). The summed E-state index contributed by atoms with van der Waals surface area (Å²) in [4.78, 5) is 8.98. The fourth-order valence-electron chi connectivity index (χ4n) is 2.36. The number of fused-ring (bicyclic) bond motifs is 1. The molecule has 3 aromatic rings. The Morgan fingerprint density at radius 2 is 1.95 bits per heavy atom. The van der Waals surface area contributed by atoms with E-state index in [-0.39, 0.29) is 6.04 Å². The fourth-order valence-corrected chi connectivity index (χ4v) is 2.36. The van der Waals surface area contributed by atoms with E-state index < -0.39 is 0 Å². The molecule has 1 atom stereocenters. The lowest BCUT2D eigenvalue weighted by molar-refractivity contribution is 0.661. The predicted molar refractivity (Wildman–Crippen MR) is 75.7 cm³/mol. The highest BCUT2D eigenvalue weighted by Gasteiger charge is 2.18. The summed E-state index contributed by atoms with van der Waals surface area (Å²) in [5, 5.41) is 0. The number of aromatic nitrogens is 3. The van der Waals surface area contributed by atoms with Crippen molar-refractivity contribution in [2.75, 3.05) is 0 Å². The first-order valence-electron chi connectivity index (χ1n) is 6.43. The van der Waals surface area contributed by atoms with Crippen molar-refractivity contribution < 1.29 is 0 Å². The first-order valence-corrected chi connectivity index (χ1v) is 6.43. The summed E-state index contributed by atoms with van der Waals surface area (Å²) in [6, 6.07) is 13.6. The second-order valence-electron chi connectivity index (χ2n) is 4.44. The average molecular weight is 252 g/mol. The number of benzene rings is 1. The molecular weight excluding hydrogens is 236 g/mol. The van der Waals surface area contributed by atoms with E-state index in [4.69, 9.17) is 5.73 Å². The van der Waals surface area contributed by atoms with Gasteiger partial charge in [-0.3, -0.25) is 4.98 Å². The van der Waals surface area contributed by atoms with Crippen molar-refractivity contribution in [1.82, 2.24) is 14.5 Å². The summed E-state index contributed by atoms with van der Waals surface area (Å²) in [5.41, 5.74) is 9.25. The molecule has 96 valence electrons. The lowest BCUT2D eigenvalue weighted by Gasteiger charge is -2.12. The summed E-state index contributed by atoms with van der Waals surface area (Å²) in [6.07, 6.45) is 1.76. The Morgan fingerprint density at radius 1 is 1.16 bits per heavy atom. The molecule has 1 unspecified atom stereocenters. The second-order valence-corrected chi connectivity index (χ2v) is 4.44. The van der Waals surface area contributed by atoms with Gasteiger partial charge < -0.3 is 10.3 Å². The van der Waals surface area contributed by atoms with Gasteiger partial charge in [-0.25, -0.2) is 4.98 Å². The maximum absolute atomic E-state index is 6.31. The number of hydrogen-bond acceptors (Lipinski definition) is 3. The van der Waals surface area contributed by atoms with Gasteiger partial charge in [0.2, 0.25) is 0 Å². The smallest absolute Gasteiger partial charge is 0.133 e. The van der Waals surface area contributed by atoms with Crippen molar-refractivity contribution in [1.29, 1.82) is 0 Å². The molecule has 4 nitrogen and oxygen atoms in total. The minimum absolute atomic E-state index is 0.298. The number of aryl methyl sites for hydroxylation is 1. The Labute approximate surface area is 111 Å². The number of para-hydroxylation sites is 2. The molecular formula is C15H16N4. The second kappa shape index (κ2) is 4.82. The molecule has 2 heterocycles. The van der Waals surface area contributed by atoms with Crippen LogP contribution in [0.25, 0.3) is 11.0 Å². The van der Waals surface area contributed by atoms with E-state index >= 15 is 0 Å². The quantitative estimate of drug-likeness (QED) is 0.779. The van der Waals surface area contributed by atoms with Gasteiger partial charge in [-0.15, -0.1) is 0 Å². The molecule has 2 aromatic heterocycles. The van der Waals surface area contributed by atoms with E-state index in [1.807, 2.05) is 36.4 Å². The number of hydrogen-bond donors (Lipinski definition) is 1. The van der Waals surface area contributed by atoms with Crippen molar-refractivity contribution >= 4 is 11.0 Å². The van der Waals surface area contributed by atoms with Crippen LogP contribution in [-0.4, -0.2) is 14.5 Å². The van der Waals surface area contributed by atoms with Gasteiger partial charge >= 0.3 is 0 Å². The van der Waals surface area contributed by atoms with E-state index in [2.05, 4.69) is 27.5 Å². The molecule has 0 spiro atoms. The third-order valence-electron chi connectivity index (χ3n) is 3.28. The summed E-state index contributed by atoms with van der Waals surface area (Å²) < 4.78 is 2.15. The molecule has 0 saturated carbocycles. The molecule has 0 aliphatic rings. The fraction of sp³-hybridized carbons (Fsp3) is 0.200. The Balaban J connectivity index is 2.14.